The van der Waals surface area contributed by atoms with Gasteiger partial charge in [0.2, 0.25) is 20.0 Å². The van der Waals surface area contributed by atoms with Crippen LogP contribution in [0.15, 0.2) is 17.0 Å². The van der Waals surface area contributed by atoms with Crippen LogP contribution in [-0.4, -0.2) is 35.7 Å². The summed E-state index contributed by atoms with van der Waals surface area (Å²) in [6, 6.07) is 3.02. The van der Waals surface area contributed by atoms with E-state index in [0.29, 0.717) is 23.3 Å². The van der Waals surface area contributed by atoms with Gasteiger partial charge in [-0.2, -0.15) is 0 Å². The molecule has 1 aromatic rings. The van der Waals surface area contributed by atoms with Crippen molar-refractivity contribution in [3.63, 3.8) is 0 Å². The van der Waals surface area contributed by atoms with Gasteiger partial charge in [0.1, 0.15) is 12.4 Å². The van der Waals surface area contributed by atoms with Crippen LogP contribution in [0.4, 0.5) is 0 Å². The highest BCUT2D eigenvalue weighted by atomic mass is 32.2. The van der Waals surface area contributed by atoms with Crippen molar-refractivity contribution in [2.24, 2.45) is 5.14 Å². The van der Waals surface area contributed by atoms with Gasteiger partial charge < -0.3 is 4.74 Å². The lowest BCUT2D eigenvalue weighted by atomic mass is 10.1. The average Bonchev–Trinajstić information content (AvgIpc) is 2.36. The van der Waals surface area contributed by atoms with E-state index in [-0.39, 0.29) is 23.8 Å². The second-order valence-electron chi connectivity index (χ2n) is 4.99. The monoisotopic (exact) mass is 350 g/mol. The number of aryl methyl sites for hydroxylation is 2. The Bertz CT molecular complexity index is 727. The van der Waals surface area contributed by atoms with Gasteiger partial charge in [-0.15, -0.1) is 0 Å². The van der Waals surface area contributed by atoms with Crippen molar-refractivity contribution in [3.05, 3.63) is 23.3 Å². The topological polar surface area (TPSA) is 116 Å². The fraction of sp³-hybridized carbons (Fsp3) is 0.538. The molecule has 0 aliphatic heterocycles. The Balaban J connectivity index is 2.71. The lowest BCUT2D eigenvalue weighted by Crippen LogP contribution is -2.30. The van der Waals surface area contributed by atoms with E-state index in [4.69, 9.17) is 9.88 Å². The van der Waals surface area contributed by atoms with Crippen LogP contribution in [-0.2, 0) is 20.0 Å². The minimum Gasteiger partial charge on any atom is -0.492 e. The molecular weight excluding hydrogens is 328 g/mol. The lowest BCUT2D eigenvalue weighted by molar-refractivity contribution is 0.320. The number of rotatable bonds is 8. The van der Waals surface area contributed by atoms with Gasteiger partial charge in [0.15, 0.2) is 0 Å². The maximum absolute atomic E-state index is 11.5. The first kappa shape index (κ1) is 18.9. The van der Waals surface area contributed by atoms with Crippen molar-refractivity contribution in [1.82, 2.24) is 4.72 Å². The maximum atomic E-state index is 11.5. The Labute approximate surface area is 132 Å². The van der Waals surface area contributed by atoms with Crippen molar-refractivity contribution in [3.8, 4) is 5.75 Å². The molecule has 0 bridgehead atoms. The molecule has 0 atom stereocenters. The van der Waals surface area contributed by atoms with E-state index < -0.39 is 20.0 Å². The first-order chi connectivity index (χ1) is 10.1. The molecule has 0 heterocycles. The van der Waals surface area contributed by atoms with E-state index in [9.17, 15) is 16.8 Å². The fourth-order valence-corrected chi connectivity index (χ4v) is 3.85. The van der Waals surface area contributed by atoms with Crippen molar-refractivity contribution >= 4 is 20.0 Å². The summed E-state index contributed by atoms with van der Waals surface area (Å²) < 4.78 is 53.7. The number of nitrogens with one attached hydrogen (secondary N) is 1. The molecule has 3 N–H and O–H groups in total. The van der Waals surface area contributed by atoms with Gasteiger partial charge >= 0.3 is 0 Å². The molecule has 0 unspecified atom stereocenters. The Morgan fingerprint density at radius 3 is 2.32 bits per heavy atom. The van der Waals surface area contributed by atoms with Gasteiger partial charge in [0, 0.05) is 6.54 Å². The highest BCUT2D eigenvalue weighted by Gasteiger charge is 2.14. The molecule has 0 aliphatic carbocycles. The molecule has 7 nitrogen and oxygen atoms in total. The summed E-state index contributed by atoms with van der Waals surface area (Å²) in [5, 5.41) is 5.13. The van der Waals surface area contributed by atoms with Gasteiger partial charge in [-0.25, -0.2) is 26.7 Å². The molecule has 126 valence electrons. The molecule has 22 heavy (non-hydrogen) atoms. The zero-order valence-corrected chi connectivity index (χ0v) is 14.6. The molecule has 0 spiro atoms. The van der Waals surface area contributed by atoms with Crippen LogP contribution in [0.5, 0.6) is 5.75 Å². The van der Waals surface area contributed by atoms with Crippen LogP contribution in [0, 0.1) is 13.8 Å². The summed E-state index contributed by atoms with van der Waals surface area (Å²) in [4.78, 5) is 0.0565. The Morgan fingerprint density at radius 2 is 1.77 bits per heavy atom. The van der Waals surface area contributed by atoms with Crippen molar-refractivity contribution in [2.75, 3.05) is 18.9 Å². The first-order valence-corrected chi connectivity index (χ1v) is 10.0. The number of ether oxygens (including phenoxy) is 1. The smallest absolute Gasteiger partial charge is 0.238 e. The molecular formula is C13H22N2O5S2. The van der Waals surface area contributed by atoms with E-state index in [1.54, 1.807) is 26.8 Å². The summed E-state index contributed by atoms with van der Waals surface area (Å²) in [6.45, 7) is 5.41. The Kier molecular flexibility index (Phi) is 6.36. The van der Waals surface area contributed by atoms with E-state index in [1.807, 2.05) is 0 Å². The van der Waals surface area contributed by atoms with Gasteiger partial charge in [-0.05, 0) is 43.5 Å². The Morgan fingerprint density at radius 1 is 1.14 bits per heavy atom. The third-order valence-electron chi connectivity index (χ3n) is 2.93. The normalized spacial score (nSPS) is 12.4. The molecule has 9 heteroatoms. The van der Waals surface area contributed by atoms with Crippen molar-refractivity contribution < 1.29 is 21.6 Å². The largest absolute Gasteiger partial charge is 0.492 e. The predicted octanol–water partition coefficient (Wildman–Crippen LogP) is 0.659. The van der Waals surface area contributed by atoms with Gasteiger partial charge in [-0.3, -0.25) is 0 Å². The van der Waals surface area contributed by atoms with E-state index in [2.05, 4.69) is 4.72 Å². The van der Waals surface area contributed by atoms with Crippen LogP contribution in [0.25, 0.3) is 0 Å². The van der Waals surface area contributed by atoms with Crippen LogP contribution in [0.1, 0.15) is 24.5 Å². The van der Waals surface area contributed by atoms with Gasteiger partial charge in [0.25, 0.3) is 0 Å². The quantitative estimate of drug-likeness (QED) is 0.668. The number of sulfonamides is 2. The zero-order chi connectivity index (χ0) is 17.0. The fourth-order valence-electron chi connectivity index (χ4n) is 1.92. The number of benzene rings is 1. The maximum Gasteiger partial charge on any atom is 0.238 e. The number of hydrogen-bond acceptors (Lipinski definition) is 5. The minimum atomic E-state index is -3.77. The van der Waals surface area contributed by atoms with Crippen molar-refractivity contribution in [1.29, 1.82) is 0 Å². The summed E-state index contributed by atoms with van der Waals surface area (Å²) in [5.74, 6) is 0.577. The number of nitrogens with two attached hydrogens (primary N) is 1. The standard InChI is InChI=1S/C13H22N2O5S2/c1-4-7-21(16,17)15-5-6-20-12-8-11(3)13(9-10(12)2)22(14,18)19/h8-9,15H,4-7H2,1-3H3,(H2,14,18,19). The second-order valence-corrected chi connectivity index (χ2v) is 8.45. The summed E-state index contributed by atoms with van der Waals surface area (Å²) in [7, 11) is -7.03. The van der Waals surface area contributed by atoms with Crippen LogP contribution >= 0.6 is 0 Å². The molecule has 0 amide bonds. The van der Waals surface area contributed by atoms with Gasteiger partial charge in [-0.1, -0.05) is 6.92 Å². The van der Waals surface area contributed by atoms with Crippen LogP contribution < -0.4 is 14.6 Å². The van der Waals surface area contributed by atoms with E-state index >= 15 is 0 Å². The zero-order valence-electron chi connectivity index (χ0n) is 12.9. The van der Waals surface area contributed by atoms with Crippen LogP contribution in [0.2, 0.25) is 0 Å². The van der Waals surface area contributed by atoms with Crippen LogP contribution in [0.3, 0.4) is 0 Å². The third-order valence-corrected chi connectivity index (χ3v) is 5.58. The average molecular weight is 350 g/mol. The highest BCUT2D eigenvalue weighted by molar-refractivity contribution is 7.89. The molecule has 1 rings (SSSR count). The second kappa shape index (κ2) is 7.40. The molecule has 0 saturated heterocycles. The van der Waals surface area contributed by atoms with Crippen molar-refractivity contribution in [2.45, 2.75) is 32.1 Å². The minimum absolute atomic E-state index is 0.0565. The summed E-state index contributed by atoms with van der Waals surface area (Å²) in [6.07, 6.45) is 0.545. The van der Waals surface area contributed by atoms with Gasteiger partial charge in [0.05, 0.1) is 10.6 Å². The Hall–Kier alpha value is -1.16. The summed E-state index contributed by atoms with van der Waals surface area (Å²) >= 11 is 0. The number of primary sulfonamides is 1. The SMILES string of the molecule is CCCS(=O)(=O)NCCOc1cc(C)c(S(N)(=O)=O)cc1C. The van der Waals surface area contributed by atoms with E-state index in [0.717, 1.165) is 0 Å². The molecule has 0 radical (unpaired) electrons. The predicted molar refractivity (Wildman–Crippen MR) is 84.9 cm³/mol. The van der Waals surface area contributed by atoms with E-state index in [1.165, 1.54) is 6.07 Å². The molecule has 1 aromatic carbocycles. The molecule has 0 aromatic heterocycles. The third kappa shape index (κ3) is 5.56. The molecule has 0 fully saturated rings. The first-order valence-electron chi connectivity index (χ1n) is 6.81. The highest BCUT2D eigenvalue weighted by Crippen LogP contribution is 2.25. The lowest BCUT2D eigenvalue weighted by Gasteiger charge is -2.13. The number of hydrogen-bond donors (Lipinski definition) is 2. The molecule has 0 aliphatic rings. The molecule has 0 saturated carbocycles. The summed E-state index contributed by atoms with van der Waals surface area (Å²) in [5.41, 5.74) is 1.10.